The van der Waals surface area contributed by atoms with Gasteiger partial charge in [0.1, 0.15) is 17.7 Å². The summed E-state index contributed by atoms with van der Waals surface area (Å²) in [5.41, 5.74) is 4.25. The number of carbonyl (C=O) groups is 1. The summed E-state index contributed by atoms with van der Waals surface area (Å²) in [6.45, 7) is 0. The number of halogens is 1. The number of rotatable bonds is 8. The lowest BCUT2D eigenvalue weighted by Crippen LogP contribution is -2.31. The van der Waals surface area contributed by atoms with Crippen LogP contribution in [0.25, 0.3) is 33.6 Å². The molecule has 0 aliphatic heterocycles. The molecule has 0 aliphatic rings. The molecule has 2 aromatic carbocycles. The maximum atomic E-state index is 12.6. The number of pyridine rings is 1. The first kappa shape index (κ1) is 23.7. The van der Waals surface area contributed by atoms with Crippen molar-refractivity contribution in [1.82, 2.24) is 24.5 Å². The molecule has 0 saturated heterocycles. The molecule has 0 unspecified atom stereocenters. The fourth-order valence-electron chi connectivity index (χ4n) is 4.67. The van der Waals surface area contributed by atoms with Crippen LogP contribution < -0.4 is 4.90 Å². The van der Waals surface area contributed by atoms with Gasteiger partial charge in [-0.3, -0.25) is 14.7 Å². The third-order valence-electron chi connectivity index (χ3n) is 6.59. The molecule has 4 heterocycles. The van der Waals surface area contributed by atoms with E-state index in [1.165, 1.54) is 0 Å². The minimum absolute atomic E-state index is 0.386. The first-order chi connectivity index (χ1) is 18.6. The monoisotopic (exact) mass is 522 g/mol. The van der Waals surface area contributed by atoms with Crippen molar-refractivity contribution >= 4 is 34.9 Å². The highest BCUT2D eigenvalue weighted by molar-refractivity contribution is 6.34. The highest BCUT2D eigenvalue weighted by Crippen LogP contribution is 2.36. The molecule has 0 spiro atoms. The maximum absolute atomic E-state index is 12.6. The molecule has 6 aromatic rings. The highest BCUT2D eigenvalue weighted by atomic mass is 35.5. The third-order valence-corrected chi connectivity index (χ3v) is 6.89. The number of nitrogens with zero attached hydrogens (tertiary/aromatic N) is 5. The minimum Gasteiger partial charge on any atom is -0.439 e. The Morgan fingerprint density at radius 3 is 2.58 bits per heavy atom. The van der Waals surface area contributed by atoms with Gasteiger partial charge in [0.05, 0.1) is 16.9 Å². The van der Waals surface area contributed by atoms with Gasteiger partial charge in [0.25, 0.3) is 0 Å². The summed E-state index contributed by atoms with van der Waals surface area (Å²) in [6, 6.07) is 20.7. The van der Waals surface area contributed by atoms with Crippen LogP contribution in [0.15, 0.2) is 95.9 Å². The second-order valence-electron chi connectivity index (χ2n) is 8.87. The molecule has 0 fully saturated rings. The molecular weight excluding hydrogens is 500 g/mol. The molecule has 1 N–H and O–H groups in total. The fourth-order valence-corrected chi connectivity index (χ4v) is 4.90. The SMILES string of the molecule is Cn1c(-c2ccc(-c3ncc[nH]3)cc2)cnc1[C@H](Cc1ccccn1)N(C=O)c1cc2cccc(Cl)c2o1. The number of amides is 1. The predicted octanol–water partition coefficient (Wildman–Crippen LogP) is 6.22. The molecule has 188 valence electrons. The van der Waals surface area contributed by atoms with Crippen molar-refractivity contribution in [3.63, 3.8) is 0 Å². The zero-order chi connectivity index (χ0) is 26.1. The van der Waals surface area contributed by atoms with Gasteiger partial charge in [0.15, 0.2) is 5.58 Å². The maximum Gasteiger partial charge on any atom is 0.217 e. The smallest absolute Gasteiger partial charge is 0.217 e. The Kier molecular flexibility index (Phi) is 6.23. The van der Waals surface area contributed by atoms with Crippen LogP contribution in [0, 0.1) is 0 Å². The summed E-state index contributed by atoms with van der Waals surface area (Å²) in [7, 11) is 1.95. The lowest BCUT2D eigenvalue weighted by Gasteiger charge is -2.26. The largest absolute Gasteiger partial charge is 0.439 e. The van der Waals surface area contributed by atoms with Crippen LogP contribution in [-0.4, -0.2) is 30.9 Å². The summed E-state index contributed by atoms with van der Waals surface area (Å²) in [5.74, 6) is 1.89. The molecule has 4 aromatic heterocycles. The van der Waals surface area contributed by atoms with Crippen molar-refractivity contribution in [2.24, 2.45) is 7.05 Å². The van der Waals surface area contributed by atoms with Crippen LogP contribution in [-0.2, 0) is 18.3 Å². The number of fused-ring (bicyclic) bond motifs is 1. The quantitative estimate of drug-likeness (QED) is 0.240. The van der Waals surface area contributed by atoms with Gasteiger partial charge in [0.2, 0.25) is 12.3 Å². The molecule has 1 amide bonds. The van der Waals surface area contributed by atoms with E-state index in [4.69, 9.17) is 21.0 Å². The van der Waals surface area contributed by atoms with Crippen LogP contribution in [0.3, 0.4) is 0 Å². The van der Waals surface area contributed by atoms with E-state index < -0.39 is 6.04 Å². The van der Waals surface area contributed by atoms with E-state index in [9.17, 15) is 4.79 Å². The van der Waals surface area contributed by atoms with E-state index in [-0.39, 0.29) is 0 Å². The number of anilines is 1. The lowest BCUT2D eigenvalue weighted by molar-refractivity contribution is -0.108. The molecule has 38 heavy (non-hydrogen) atoms. The number of imidazole rings is 2. The Labute approximate surface area is 223 Å². The Hall–Kier alpha value is -4.69. The molecule has 0 aliphatic carbocycles. The first-order valence-electron chi connectivity index (χ1n) is 12.1. The molecule has 8 nitrogen and oxygen atoms in total. The summed E-state index contributed by atoms with van der Waals surface area (Å²) in [6.07, 6.45) is 8.29. The van der Waals surface area contributed by atoms with E-state index in [2.05, 4.69) is 15.0 Å². The minimum atomic E-state index is -0.483. The topological polar surface area (TPSA) is 92.8 Å². The van der Waals surface area contributed by atoms with Crippen LogP contribution in [0.4, 0.5) is 5.88 Å². The van der Waals surface area contributed by atoms with Crippen molar-refractivity contribution in [3.05, 3.63) is 108 Å². The summed E-state index contributed by atoms with van der Waals surface area (Å²) >= 11 is 6.35. The van der Waals surface area contributed by atoms with Crippen LogP contribution in [0.2, 0.25) is 5.02 Å². The normalized spacial score (nSPS) is 12.1. The van der Waals surface area contributed by atoms with E-state index in [1.54, 1.807) is 29.6 Å². The van der Waals surface area contributed by atoms with Crippen molar-refractivity contribution in [1.29, 1.82) is 0 Å². The average Bonchev–Trinajstić information content (AvgIpc) is 3.70. The number of aromatic nitrogens is 5. The molecule has 0 saturated carbocycles. The highest BCUT2D eigenvalue weighted by Gasteiger charge is 2.29. The molecular formula is C29H23ClN6O2. The molecule has 6 rings (SSSR count). The number of hydrogen-bond acceptors (Lipinski definition) is 5. The summed E-state index contributed by atoms with van der Waals surface area (Å²) in [4.78, 5) is 30.8. The average molecular weight is 523 g/mol. The Morgan fingerprint density at radius 2 is 1.87 bits per heavy atom. The van der Waals surface area contributed by atoms with Gasteiger partial charge >= 0.3 is 0 Å². The summed E-state index contributed by atoms with van der Waals surface area (Å²) < 4.78 is 8.07. The van der Waals surface area contributed by atoms with Crippen LogP contribution in [0.5, 0.6) is 0 Å². The van der Waals surface area contributed by atoms with Crippen LogP contribution in [0.1, 0.15) is 17.6 Å². The Bertz CT molecular complexity index is 1690. The van der Waals surface area contributed by atoms with E-state index >= 15 is 0 Å². The van der Waals surface area contributed by atoms with E-state index in [0.29, 0.717) is 28.7 Å². The second-order valence-corrected chi connectivity index (χ2v) is 9.28. The van der Waals surface area contributed by atoms with Crippen molar-refractivity contribution in [3.8, 4) is 22.6 Å². The van der Waals surface area contributed by atoms with Crippen molar-refractivity contribution in [2.75, 3.05) is 4.90 Å². The fraction of sp³-hybridized carbons (Fsp3) is 0.103. The van der Waals surface area contributed by atoms with E-state index in [0.717, 1.165) is 40.1 Å². The standard InChI is InChI=1S/C29H23ClN6O2/c1-35-25(19-8-10-20(11-9-19)28-32-13-14-33-28)17-34-29(35)24(16-22-6-2-3-12-31-22)36(18-37)26-15-21-5-4-7-23(30)27(21)38-26/h2-15,17-18,24H,16H2,1H3,(H,32,33)/t24-/m0/s1. The first-order valence-corrected chi connectivity index (χ1v) is 12.4. The van der Waals surface area contributed by atoms with Gasteiger partial charge in [-0.15, -0.1) is 0 Å². The van der Waals surface area contributed by atoms with Crippen LogP contribution >= 0.6 is 11.6 Å². The molecule has 0 radical (unpaired) electrons. The predicted molar refractivity (Wildman–Crippen MR) is 147 cm³/mol. The zero-order valence-corrected chi connectivity index (χ0v) is 21.2. The van der Waals surface area contributed by atoms with Crippen molar-refractivity contribution < 1.29 is 9.21 Å². The number of H-pyrrole nitrogens is 1. The van der Waals surface area contributed by atoms with Gasteiger partial charge < -0.3 is 14.0 Å². The van der Waals surface area contributed by atoms with Gasteiger partial charge in [-0.25, -0.2) is 9.97 Å². The lowest BCUT2D eigenvalue weighted by atomic mass is 10.1. The Morgan fingerprint density at radius 1 is 1.03 bits per heavy atom. The van der Waals surface area contributed by atoms with Gasteiger partial charge in [-0.2, -0.15) is 0 Å². The number of carbonyl (C=O) groups excluding carboxylic acids is 1. The van der Waals surface area contributed by atoms with Gasteiger partial charge in [0, 0.05) is 54.8 Å². The third kappa shape index (κ3) is 4.35. The number of aromatic amines is 1. The number of hydrogen-bond donors (Lipinski definition) is 1. The Balaban J connectivity index is 1.40. The number of nitrogens with one attached hydrogen (secondary N) is 1. The zero-order valence-electron chi connectivity index (χ0n) is 20.5. The summed E-state index contributed by atoms with van der Waals surface area (Å²) in [5, 5.41) is 1.30. The number of para-hydroxylation sites is 1. The number of benzene rings is 2. The molecule has 1 atom stereocenters. The van der Waals surface area contributed by atoms with Crippen molar-refractivity contribution in [2.45, 2.75) is 12.5 Å². The van der Waals surface area contributed by atoms with Gasteiger partial charge in [-0.1, -0.05) is 54.1 Å². The second kappa shape index (κ2) is 9.99. The van der Waals surface area contributed by atoms with E-state index in [1.807, 2.05) is 78.5 Å². The number of furan rings is 1. The molecule has 9 heteroatoms. The van der Waals surface area contributed by atoms with Gasteiger partial charge in [-0.05, 0) is 23.8 Å². The molecule has 0 bridgehead atoms.